The Kier molecular flexibility index (Phi) is 4.82. The Balaban J connectivity index is 2.04. The molecule has 1 aromatic carbocycles. The van der Waals surface area contributed by atoms with Crippen LogP contribution in [0.5, 0.6) is 0 Å². The van der Waals surface area contributed by atoms with E-state index < -0.39 is 0 Å². The van der Waals surface area contributed by atoms with Gasteiger partial charge in [-0.05, 0) is 29.6 Å². The second-order valence-corrected chi connectivity index (χ2v) is 5.51. The molecule has 0 saturated carbocycles. The van der Waals surface area contributed by atoms with E-state index in [0.29, 0.717) is 0 Å². The number of thioether (sulfide) groups is 1. The van der Waals surface area contributed by atoms with Crippen LogP contribution in [0.1, 0.15) is 10.4 Å². The molecule has 0 aliphatic rings. The predicted molar refractivity (Wildman–Crippen MR) is 74.2 cm³/mol. The molecule has 1 aromatic heterocycles. The lowest BCUT2D eigenvalue weighted by Crippen LogP contribution is -1.82. The third-order valence-electron chi connectivity index (χ3n) is 2.21. The number of thiophene rings is 1. The Morgan fingerprint density at radius 1 is 1.33 bits per heavy atom. The first kappa shape index (κ1) is 13.2. The molecule has 2 aromatic rings. The normalized spacial score (nSPS) is 9.89. The van der Waals surface area contributed by atoms with E-state index >= 15 is 0 Å². The van der Waals surface area contributed by atoms with Gasteiger partial charge in [-0.15, -0.1) is 23.1 Å². The lowest BCUT2D eigenvalue weighted by molar-refractivity contribution is 0.350. The molecule has 0 amide bonds. The molecule has 0 atom stereocenters. The molecule has 0 radical (unpaired) electrons. The summed E-state index contributed by atoms with van der Waals surface area (Å²) in [7, 11) is 0. The van der Waals surface area contributed by atoms with Gasteiger partial charge in [-0.1, -0.05) is 17.9 Å². The summed E-state index contributed by atoms with van der Waals surface area (Å²) in [6, 6.07) is 8.50. The highest BCUT2D eigenvalue weighted by Crippen LogP contribution is 2.27. The average Bonchev–Trinajstić information content (AvgIpc) is 2.81. The first-order chi connectivity index (χ1) is 8.79. The fraction of sp³-hybridized carbons (Fsp3) is 0.143. The molecule has 2 rings (SSSR count). The fourth-order valence-corrected chi connectivity index (χ4v) is 3.29. The summed E-state index contributed by atoms with van der Waals surface area (Å²) in [4.78, 5) is 2.05. The van der Waals surface area contributed by atoms with Gasteiger partial charge in [-0.3, -0.25) is 0 Å². The average molecular weight is 278 g/mol. The highest BCUT2D eigenvalue weighted by molar-refractivity contribution is 7.98. The molecule has 0 bridgehead atoms. The molecular formula is C14H11FOS2. The molecule has 1 N–H and O–H groups in total. The van der Waals surface area contributed by atoms with Crippen LogP contribution in [-0.2, 0) is 5.75 Å². The number of aliphatic hydroxyl groups is 1. The van der Waals surface area contributed by atoms with Gasteiger partial charge < -0.3 is 5.11 Å². The van der Waals surface area contributed by atoms with Gasteiger partial charge in [0.2, 0.25) is 0 Å². The van der Waals surface area contributed by atoms with Crippen molar-refractivity contribution in [3.8, 4) is 11.8 Å². The number of hydrogen-bond donors (Lipinski definition) is 1. The van der Waals surface area contributed by atoms with Crippen molar-refractivity contribution in [1.29, 1.82) is 0 Å². The van der Waals surface area contributed by atoms with Crippen molar-refractivity contribution >= 4 is 23.1 Å². The van der Waals surface area contributed by atoms with Crippen molar-refractivity contribution in [2.75, 3.05) is 6.61 Å². The van der Waals surface area contributed by atoms with E-state index in [0.717, 1.165) is 21.1 Å². The lowest BCUT2D eigenvalue weighted by Gasteiger charge is -2.00. The van der Waals surface area contributed by atoms with Gasteiger partial charge in [-0.25, -0.2) is 4.39 Å². The molecule has 0 spiro atoms. The molecule has 18 heavy (non-hydrogen) atoms. The van der Waals surface area contributed by atoms with Crippen LogP contribution in [0, 0.1) is 17.7 Å². The molecule has 0 saturated heterocycles. The van der Waals surface area contributed by atoms with E-state index in [1.54, 1.807) is 29.2 Å². The van der Waals surface area contributed by atoms with Gasteiger partial charge in [0.05, 0.1) is 0 Å². The van der Waals surface area contributed by atoms with Crippen LogP contribution in [-0.4, -0.2) is 11.7 Å². The van der Waals surface area contributed by atoms with Crippen molar-refractivity contribution < 1.29 is 9.50 Å². The quantitative estimate of drug-likeness (QED) is 0.684. The smallest absolute Gasteiger partial charge is 0.124 e. The summed E-state index contributed by atoms with van der Waals surface area (Å²) in [5, 5.41) is 10.7. The molecule has 1 heterocycles. The van der Waals surface area contributed by atoms with E-state index in [1.807, 2.05) is 17.5 Å². The zero-order valence-corrected chi connectivity index (χ0v) is 11.2. The predicted octanol–water partition coefficient (Wildman–Crippen LogP) is 3.52. The van der Waals surface area contributed by atoms with Crippen molar-refractivity contribution in [2.45, 2.75) is 10.6 Å². The van der Waals surface area contributed by atoms with Gasteiger partial charge >= 0.3 is 0 Å². The van der Waals surface area contributed by atoms with Crippen LogP contribution in [0.3, 0.4) is 0 Å². The first-order valence-corrected chi connectivity index (χ1v) is 7.20. The van der Waals surface area contributed by atoms with Crippen LogP contribution in [0.4, 0.5) is 4.39 Å². The Labute approximate surface area is 114 Å². The standard InChI is InChI=1S/C14H11FOS2/c15-12-4-1-5-13(9-12)18-10-14-11(3-2-7-16)6-8-17-14/h1,4-6,8-9,16H,7,10H2. The fourth-order valence-electron chi connectivity index (χ4n) is 1.40. The molecular weight excluding hydrogens is 267 g/mol. The zero-order chi connectivity index (χ0) is 12.8. The Morgan fingerprint density at radius 2 is 2.22 bits per heavy atom. The van der Waals surface area contributed by atoms with Gasteiger partial charge in [-0.2, -0.15) is 0 Å². The van der Waals surface area contributed by atoms with Crippen LogP contribution < -0.4 is 0 Å². The summed E-state index contributed by atoms with van der Waals surface area (Å²) in [6.07, 6.45) is 0. The largest absolute Gasteiger partial charge is 0.384 e. The van der Waals surface area contributed by atoms with Crippen molar-refractivity contribution in [3.05, 3.63) is 52.0 Å². The molecule has 0 aliphatic carbocycles. The monoisotopic (exact) mass is 278 g/mol. The van der Waals surface area contributed by atoms with Crippen LogP contribution >= 0.6 is 23.1 Å². The Hall–Kier alpha value is -1.28. The van der Waals surface area contributed by atoms with Crippen molar-refractivity contribution in [3.63, 3.8) is 0 Å². The minimum atomic E-state index is -0.216. The molecule has 0 unspecified atom stereocenters. The summed E-state index contributed by atoms with van der Waals surface area (Å²) < 4.78 is 13.0. The summed E-state index contributed by atoms with van der Waals surface area (Å²) >= 11 is 3.20. The van der Waals surface area contributed by atoms with E-state index in [1.165, 1.54) is 12.1 Å². The zero-order valence-electron chi connectivity index (χ0n) is 9.52. The molecule has 4 heteroatoms. The number of aliphatic hydroxyl groups excluding tert-OH is 1. The summed E-state index contributed by atoms with van der Waals surface area (Å²) in [5.74, 6) is 6.10. The second-order valence-electron chi connectivity index (χ2n) is 3.46. The van der Waals surface area contributed by atoms with Crippen molar-refractivity contribution in [2.24, 2.45) is 0 Å². The van der Waals surface area contributed by atoms with Crippen LogP contribution in [0.2, 0.25) is 0 Å². The van der Waals surface area contributed by atoms with E-state index in [2.05, 4.69) is 11.8 Å². The highest BCUT2D eigenvalue weighted by atomic mass is 32.2. The maximum Gasteiger partial charge on any atom is 0.124 e. The maximum atomic E-state index is 13.0. The Morgan fingerprint density at radius 3 is 3.00 bits per heavy atom. The van der Waals surface area contributed by atoms with Crippen molar-refractivity contribution in [1.82, 2.24) is 0 Å². The Bertz CT molecular complexity index is 581. The highest BCUT2D eigenvalue weighted by Gasteiger charge is 2.03. The number of rotatable bonds is 3. The molecule has 0 aliphatic heterocycles. The van der Waals surface area contributed by atoms with Crippen LogP contribution in [0.15, 0.2) is 40.6 Å². The lowest BCUT2D eigenvalue weighted by atomic mass is 10.3. The van der Waals surface area contributed by atoms with E-state index in [-0.39, 0.29) is 12.4 Å². The minimum absolute atomic E-state index is 0.133. The summed E-state index contributed by atoms with van der Waals surface area (Å²) in [5.41, 5.74) is 0.943. The minimum Gasteiger partial charge on any atom is -0.384 e. The first-order valence-electron chi connectivity index (χ1n) is 5.34. The number of benzene rings is 1. The third-order valence-corrected chi connectivity index (χ3v) is 4.34. The molecule has 92 valence electrons. The van der Waals surface area contributed by atoms with Gasteiger partial charge in [0.15, 0.2) is 0 Å². The van der Waals surface area contributed by atoms with E-state index in [9.17, 15) is 4.39 Å². The summed E-state index contributed by atoms with van der Waals surface area (Å²) in [6.45, 7) is -0.133. The van der Waals surface area contributed by atoms with Crippen LogP contribution in [0.25, 0.3) is 0 Å². The topological polar surface area (TPSA) is 20.2 Å². The van der Waals surface area contributed by atoms with Gasteiger partial charge in [0.25, 0.3) is 0 Å². The van der Waals surface area contributed by atoms with Gasteiger partial charge in [0.1, 0.15) is 12.4 Å². The SMILES string of the molecule is OCC#Cc1ccsc1CSc1cccc(F)c1. The molecule has 0 fully saturated rings. The second kappa shape index (κ2) is 6.60. The van der Waals surface area contributed by atoms with Gasteiger partial charge in [0, 0.05) is 21.1 Å². The maximum absolute atomic E-state index is 13.0. The number of hydrogen-bond acceptors (Lipinski definition) is 3. The number of halogens is 1. The third kappa shape index (κ3) is 3.61. The molecule has 1 nitrogen and oxygen atoms in total. The van der Waals surface area contributed by atoms with E-state index in [4.69, 9.17) is 5.11 Å².